The first-order chi connectivity index (χ1) is 9.47. The summed E-state index contributed by atoms with van der Waals surface area (Å²) in [6.07, 6.45) is 7.74. The van der Waals surface area contributed by atoms with Crippen molar-refractivity contribution in [1.82, 2.24) is 10.2 Å². The van der Waals surface area contributed by atoms with Crippen molar-refractivity contribution < 1.29 is 0 Å². The van der Waals surface area contributed by atoms with Gasteiger partial charge in [-0.3, -0.25) is 5.32 Å². The summed E-state index contributed by atoms with van der Waals surface area (Å²) in [6.45, 7) is 7.54. The fraction of sp³-hybridized carbons (Fsp3) is 0.941. The molecule has 2 aliphatic carbocycles. The van der Waals surface area contributed by atoms with Crippen LogP contribution in [-0.2, 0) is 0 Å². The van der Waals surface area contributed by atoms with Gasteiger partial charge < -0.3 is 4.90 Å². The predicted molar refractivity (Wildman–Crippen MR) is 83.4 cm³/mol. The van der Waals surface area contributed by atoms with Gasteiger partial charge in [-0.15, -0.1) is 0 Å². The first-order valence-corrected chi connectivity index (χ1v) is 8.36. The van der Waals surface area contributed by atoms with Crippen molar-refractivity contribution in [3.8, 4) is 6.07 Å². The second-order valence-electron chi connectivity index (χ2n) is 7.50. The van der Waals surface area contributed by atoms with Crippen LogP contribution in [-0.4, -0.2) is 36.1 Å². The Labute approximate surface area is 124 Å². The molecule has 3 atom stereocenters. The van der Waals surface area contributed by atoms with E-state index < -0.39 is 0 Å². The number of nitrogens with one attached hydrogen (secondary N) is 1. The van der Waals surface area contributed by atoms with E-state index in [9.17, 15) is 5.26 Å². The molecule has 114 valence electrons. The molecule has 0 aliphatic heterocycles. The summed E-state index contributed by atoms with van der Waals surface area (Å²) < 4.78 is 0. The third-order valence-electron chi connectivity index (χ3n) is 5.05. The molecule has 2 rings (SSSR count). The van der Waals surface area contributed by atoms with Crippen LogP contribution in [0, 0.1) is 23.2 Å². The Balaban J connectivity index is 2.01. The van der Waals surface area contributed by atoms with E-state index in [4.69, 9.17) is 0 Å². The molecule has 0 aromatic rings. The SMILES string of the molecule is CC1CCCC(N(C)CC(C#N)(NC(C)C)C2CC2)C1. The van der Waals surface area contributed by atoms with E-state index in [1.54, 1.807) is 0 Å². The molecular weight excluding hydrogens is 246 g/mol. The second-order valence-corrected chi connectivity index (χ2v) is 7.50. The summed E-state index contributed by atoms with van der Waals surface area (Å²) in [5, 5.41) is 13.4. The molecule has 0 radical (unpaired) electrons. The molecule has 3 unspecified atom stereocenters. The monoisotopic (exact) mass is 277 g/mol. The number of hydrogen-bond donors (Lipinski definition) is 1. The summed E-state index contributed by atoms with van der Waals surface area (Å²) in [4.78, 5) is 2.46. The zero-order chi connectivity index (χ0) is 14.8. The van der Waals surface area contributed by atoms with Crippen molar-refractivity contribution in [2.75, 3.05) is 13.6 Å². The Morgan fingerprint density at radius 2 is 2.00 bits per heavy atom. The quantitative estimate of drug-likeness (QED) is 0.810. The van der Waals surface area contributed by atoms with Gasteiger partial charge in [0.25, 0.3) is 0 Å². The van der Waals surface area contributed by atoms with Gasteiger partial charge in [0.2, 0.25) is 0 Å². The van der Waals surface area contributed by atoms with Crippen LogP contribution in [0.25, 0.3) is 0 Å². The summed E-state index contributed by atoms with van der Waals surface area (Å²) in [5.74, 6) is 1.39. The van der Waals surface area contributed by atoms with Crippen LogP contribution in [0.5, 0.6) is 0 Å². The zero-order valence-corrected chi connectivity index (χ0v) is 13.7. The summed E-state index contributed by atoms with van der Waals surface area (Å²) in [7, 11) is 2.22. The van der Waals surface area contributed by atoms with Crippen molar-refractivity contribution >= 4 is 0 Å². The van der Waals surface area contributed by atoms with Gasteiger partial charge in [-0.2, -0.15) is 5.26 Å². The normalized spacial score (nSPS) is 30.2. The maximum atomic E-state index is 9.80. The molecule has 0 bridgehead atoms. The van der Waals surface area contributed by atoms with Crippen LogP contribution in [0.3, 0.4) is 0 Å². The van der Waals surface area contributed by atoms with Crippen molar-refractivity contribution in [1.29, 1.82) is 5.26 Å². The Morgan fingerprint density at radius 3 is 2.50 bits per heavy atom. The van der Waals surface area contributed by atoms with Crippen LogP contribution in [0.15, 0.2) is 0 Å². The molecule has 0 aromatic carbocycles. The molecule has 0 amide bonds. The molecule has 3 nitrogen and oxygen atoms in total. The van der Waals surface area contributed by atoms with E-state index in [1.165, 1.54) is 38.5 Å². The molecule has 20 heavy (non-hydrogen) atoms. The van der Waals surface area contributed by atoms with E-state index in [1.807, 2.05) is 0 Å². The lowest BCUT2D eigenvalue weighted by Crippen LogP contribution is -2.57. The molecule has 2 saturated carbocycles. The van der Waals surface area contributed by atoms with E-state index in [0.717, 1.165) is 12.5 Å². The molecule has 1 N–H and O–H groups in total. The van der Waals surface area contributed by atoms with E-state index in [-0.39, 0.29) is 5.54 Å². The van der Waals surface area contributed by atoms with Gasteiger partial charge in [-0.05, 0) is 58.4 Å². The van der Waals surface area contributed by atoms with Gasteiger partial charge in [0.05, 0.1) is 6.07 Å². The largest absolute Gasteiger partial charge is 0.300 e. The van der Waals surface area contributed by atoms with Gasteiger partial charge >= 0.3 is 0 Å². The van der Waals surface area contributed by atoms with E-state index in [2.05, 4.69) is 44.1 Å². The standard InChI is InChI=1S/C17H31N3/c1-13(2)19-17(11-18,15-8-9-15)12-20(4)16-7-5-6-14(3)10-16/h13-16,19H,5-10,12H2,1-4H3. The topological polar surface area (TPSA) is 39.1 Å². The first-order valence-electron chi connectivity index (χ1n) is 8.36. The summed E-state index contributed by atoms with van der Waals surface area (Å²) in [5.41, 5.74) is -0.330. The van der Waals surface area contributed by atoms with Gasteiger partial charge in [0, 0.05) is 18.6 Å². The summed E-state index contributed by atoms with van der Waals surface area (Å²) in [6, 6.07) is 3.67. The molecule has 0 heterocycles. The predicted octanol–water partition coefficient (Wildman–Crippen LogP) is 3.17. The maximum Gasteiger partial charge on any atom is 0.122 e. The lowest BCUT2D eigenvalue weighted by molar-refractivity contribution is 0.125. The Bertz CT molecular complexity index is 356. The minimum Gasteiger partial charge on any atom is -0.300 e. The van der Waals surface area contributed by atoms with E-state index >= 15 is 0 Å². The van der Waals surface area contributed by atoms with Crippen molar-refractivity contribution in [3.63, 3.8) is 0 Å². The highest BCUT2D eigenvalue weighted by Crippen LogP contribution is 2.41. The van der Waals surface area contributed by atoms with Crippen LogP contribution in [0.4, 0.5) is 0 Å². The fourth-order valence-corrected chi connectivity index (χ4v) is 3.87. The lowest BCUT2D eigenvalue weighted by Gasteiger charge is -2.40. The Hall–Kier alpha value is -0.590. The van der Waals surface area contributed by atoms with Crippen LogP contribution >= 0.6 is 0 Å². The number of hydrogen-bond acceptors (Lipinski definition) is 3. The van der Waals surface area contributed by atoms with Crippen molar-refractivity contribution in [3.05, 3.63) is 0 Å². The first kappa shape index (κ1) is 15.8. The van der Waals surface area contributed by atoms with Crippen molar-refractivity contribution in [2.24, 2.45) is 11.8 Å². The van der Waals surface area contributed by atoms with Crippen LogP contribution in [0.2, 0.25) is 0 Å². The average Bonchev–Trinajstić information content (AvgIpc) is 3.21. The maximum absolute atomic E-state index is 9.80. The zero-order valence-electron chi connectivity index (χ0n) is 13.7. The van der Waals surface area contributed by atoms with Gasteiger partial charge in [-0.1, -0.05) is 19.8 Å². The third-order valence-corrected chi connectivity index (χ3v) is 5.05. The smallest absolute Gasteiger partial charge is 0.122 e. The number of likely N-dealkylation sites (N-methyl/N-ethyl adjacent to an activating group) is 1. The molecule has 2 aliphatic rings. The number of rotatable bonds is 6. The van der Waals surface area contributed by atoms with Gasteiger partial charge in [0.1, 0.15) is 5.54 Å². The highest BCUT2D eigenvalue weighted by molar-refractivity contribution is 5.17. The highest BCUT2D eigenvalue weighted by Gasteiger charge is 2.47. The molecule has 2 fully saturated rings. The molecule has 0 saturated heterocycles. The van der Waals surface area contributed by atoms with Crippen LogP contribution < -0.4 is 5.32 Å². The van der Waals surface area contributed by atoms with Gasteiger partial charge in [0.15, 0.2) is 0 Å². The fourth-order valence-electron chi connectivity index (χ4n) is 3.87. The minimum absolute atomic E-state index is 0.330. The number of nitrogens with zero attached hydrogens (tertiary/aromatic N) is 2. The molecule has 3 heteroatoms. The molecule has 0 spiro atoms. The molecule has 0 aromatic heterocycles. The van der Waals surface area contributed by atoms with E-state index in [0.29, 0.717) is 18.0 Å². The lowest BCUT2D eigenvalue weighted by atomic mass is 9.85. The molecular formula is C17H31N3. The average molecular weight is 277 g/mol. The third kappa shape index (κ3) is 3.74. The Morgan fingerprint density at radius 1 is 1.30 bits per heavy atom. The minimum atomic E-state index is -0.330. The highest BCUT2D eigenvalue weighted by atomic mass is 15.2. The van der Waals surface area contributed by atoms with Crippen molar-refractivity contribution in [2.45, 2.75) is 76.9 Å². The summed E-state index contributed by atoms with van der Waals surface area (Å²) >= 11 is 0. The number of nitriles is 1. The second kappa shape index (κ2) is 6.45. The van der Waals surface area contributed by atoms with Crippen LogP contribution in [0.1, 0.15) is 59.3 Å². The Kier molecular flexibility index (Phi) is 5.09. The van der Waals surface area contributed by atoms with Gasteiger partial charge in [-0.25, -0.2) is 0 Å².